The molecule has 1 amide bonds. The average Bonchev–Trinajstić information content (AvgIpc) is 3.62. The first kappa shape index (κ1) is 25.5. The number of amides is 1. The number of furan rings is 1. The second-order valence-electron chi connectivity index (χ2n) is 9.62. The van der Waals surface area contributed by atoms with Crippen molar-refractivity contribution in [2.75, 3.05) is 12.0 Å². The lowest BCUT2D eigenvalue weighted by atomic mass is 9.95. The summed E-state index contributed by atoms with van der Waals surface area (Å²) in [4.78, 5) is 36.5. The number of nitrogens with one attached hydrogen (secondary N) is 1. The lowest BCUT2D eigenvalue weighted by molar-refractivity contribution is -0.117. The van der Waals surface area contributed by atoms with Crippen molar-refractivity contribution in [3.05, 3.63) is 94.4 Å². The Morgan fingerprint density at radius 1 is 1.12 bits per heavy atom. The zero-order chi connectivity index (χ0) is 28.1. The number of hydrogen-bond acceptors (Lipinski definition) is 7. The molecule has 1 aliphatic rings. The Bertz CT molecular complexity index is 1790. The van der Waals surface area contributed by atoms with Crippen molar-refractivity contribution in [3.8, 4) is 11.5 Å². The van der Waals surface area contributed by atoms with Crippen LogP contribution in [0.15, 0.2) is 82.5 Å². The van der Waals surface area contributed by atoms with Gasteiger partial charge in [0.1, 0.15) is 5.75 Å². The van der Waals surface area contributed by atoms with E-state index < -0.39 is 23.5 Å². The number of H-pyrrole nitrogens is 1. The van der Waals surface area contributed by atoms with Crippen LogP contribution in [0, 0.1) is 0 Å². The van der Waals surface area contributed by atoms with Gasteiger partial charge in [0.2, 0.25) is 11.7 Å². The summed E-state index contributed by atoms with van der Waals surface area (Å²) in [5.74, 6) is -1.04. The van der Waals surface area contributed by atoms with Gasteiger partial charge in [-0.15, -0.1) is 0 Å². The molecule has 0 bridgehead atoms. The molecular formula is C30H24ClN3O6. The molecule has 0 saturated heterocycles. The Balaban J connectivity index is 1.49. The molecular weight excluding hydrogens is 534 g/mol. The lowest BCUT2D eigenvalue weighted by Crippen LogP contribution is -2.32. The normalized spacial score (nSPS) is 15.6. The molecule has 202 valence electrons. The van der Waals surface area contributed by atoms with Crippen LogP contribution >= 0.6 is 11.6 Å². The number of carbonyl (C=O) groups excluding carboxylic acids is 2. The number of hydrogen-bond donors (Lipinski definition) is 2. The van der Waals surface area contributed by atoms with Crippen molar-refractivity contribution in [3.63, 3.8) is 0 Å². The summed E-state index contributed by atoms with van der Waals surface area (Å²) < 4.78 is 17.0. The van der Waals surface area contributed by atoms with Gasteiger partial charge in [-0.1, -0.05) is 35.9 Å². The molecule has 1 atom stereocenters. The van der Waals surface area contributed by atoms with E-state index in [0.717, 1.165) is 0 Å². The Labute approximate surface area is 233 Å². The van der Waals surface area contributed by atoms with E-state index in [9.17, 15) is 14.7 Å². The second kappa shape index (κ2) is 9.77. The van der Waals surface area contributed by atoms with Gasteiger partial charge in [0.05, 0.1) is 35.9 Å². The number of carbonyl (C=O) groups is 2. The number of rotatable bonds is 7. The SMILES string of the molecule is COc1cc(Cl)cc2cc(C(=O)C3=C(O)C(=O)N(c4nc5ccccc5[nH]4)C3c3ccc(OC(C)C)cc3)oc12. The maximum atomic E-state index is 14.0. The molecule has 0 saturated carbocycles. The fourth-order valence-corrected chi connectivity index (χ4v) is 5.12. The number of methoxy groups -OCH3 is 1. The summed E-state index contributed by atoms with van der Waals surface area (Å²) in [6.45, 7) is 3.83. The molecule has 10 heteroatoms. The van der Waals surface area contributed by atoms with Crippen LogP contribution in [0.25, 0.3) is 22.0 Å². The van der Waals surface area contributed by atoms with Gasteiger partial charge in [0.15, 0.2) is 22.9 Å². The summed E-state index contributed by atoms with van der Waals surface area (Å²) in [6.07, 6.45) is -0.0365. The molecule has 6 rings (SSSR count). The number of benzene rings is 3. The second-order valence-corrected chi connectivity index (χ2v) is 10.1. The highest BCUT2D eigenvalue weighted by molar-refractivity contribution is 6.31. The highest BCUT2D eigenvalue weighted by Gasteiger charge is 2.46. The van der Waals surface area contributed by atoms with Gasteiger partial charge < -0.3 is 24.0 Å². The molecule has 9 nitrogen and oxygen atoms in total. The minimum atomic E-state index is -1.01. The van der Waals surface area contributed by atoms with Gasteiger partial charge in [-0.3, -0.25) is 14.5 Å². The molecule has 1 unspecified atom stereocenters. The summed E-state index contributed by atoms with van der Waals surface area (Å²) in [6, 6.07) is 18.0. The number of halogens is 1. The van der Waals surface area contributed by atoms with Crippen molar-refractivity contribution >= 4 is 51.2 Å². The maximum Gasteiger partial charge on any atom is 0.296 e. The molecule has 40 heavy (non-hydrogen) atoms. The van der Waals surface area contributed by atoms with Crippen molar-refractivity contribution < 1.29 is 28.6 Å². The highest BCUT2D eigenvalue weighted by Crippen LogP contribution is 2.43. The van der Waals surface area contributed by atoms with E-state index in [1.807, 2.05) is 32.0 Å². The number of anilines is 1. The Kier molecular flexibility index (Phi) is 6.23. The zero-order valence-corrected chi connectivity index (χ0v) is 22.5. The van der Waals surface area contributed by atoms with Crippen LogP contribution in [-0.4, -0.2) is 40.0 Å². The quantitative estimate of drug-likeness (QED) is 0.218. The predicted octanol–water partition coefficient (Wildman–Crippen LogP) is 6.54. The zero-order valence-electron chi connectivity index (χ0n) is 21.8. The van der Waals surface area contributed by atoms with Crippen LogP contribution in [-0.2, 0) is 4.79 Å². The average molecular weight is 558 g/mol. The van der Waals surface area contributed by atoms with Gasteiger partial charge in [-0.25, -0.2) is 4.98 Å². The van der Waals surface area contributed by atoms with Gasteiger partial charge in [-0.2, -0.15) is 0 Å². The molecule has 2 N–H and O–H groups in total. The number of aromatic nitrogens is 2. The van der Waals surface area contributed by atoms with Crippen LogP contribution in [0.1, 0.15) is 36.0 Å². The lowest BCUT2D eigenvalue weighted by Gasteiger charge is -2.24. The van der Waals surface area contributed by atoms with E-state index in [0.29, 0.717) is 44.1 Å². The van der Waals surface area contributed by atoms with Gasteiger partial charge in [-0.05, 0) is 55.8 Å². The number of nitrogens with zero attached hydrogens (tertiary/aromatic N) is 2. The van der Waals surface area contributed by atoms with Crippen LogP contribution in [0.3, 0.4) is 0 Å². The molecule has 0 fully saturated rings. The molecule has 0 aliphatic carbocycles. The van der Waals surface area contributed by atoms with Crippen molar-refractivity contribution in [2.24, 2.45) is 0 Å². The molecule has 0 radical (unpaired) electrons. The standard InChI is InChI=1S/C30H24ClN3O6/c1-15(2)39-19-10-8-16(9-11-19)25-24(26(35)22-13-17-12-18(31)14-23(38-3)28(17)40-22)27(36)29(37)34(25)30-32-20-6-4-5-7-21(20)33-30/h4-15,25,36H,1-3H3,(H,32,33). The first-order valence-electron chi connectivity index (χ1n) is 12.5. The van der Waals surface area contributed by atoms with Crippen LogP contribution in [0.4, 0.5) is 5.95 Å². The third-order valence-corrected chi connectivity index (χ3v) is 6.83. The van der Waals surface area contributed by atoms with Crippen molar-refractivity contribution in [1.29, 1.82) is 0 Å². The largest absolute Gasteiger partial charge is 0.503 e. The van der Waals surface area contributed by atoms with E-state index in [1.165, 1.54) is 18.1 Å². The fourth-order valence-electron chi connectivity index (χ4n) is 4.91. The number of para-hydroxylation sites is 2. The first-order valence-corrected chi connectivity index (χ1v) is 12.9. The molecule has 2 aromatic heterocycles. The topological polar surface area (TPSA) is 118 Å². The number of ether oxygens (including phenoxy) is 2. The third kappa shape index (κ3) is 4.24. The van der Waals surface area contributed by atoms with Crippen molar-refractivity contribution in [2.45, 2.75) is 26.0 Å². The number of aliphatic hydroxyl groups is 1. The molecule has 3 heterocycles. The molecule has 3 aromatic carbocycles. The summed E-state index contributed by atoms with van der Waals surface area (Å²) in [5, 5.41) is 12.1. The maximum absolute atomic E-state index is 14.0. The summed E-state index contributed by atoms with van der Waals surface area (Å²) >= 11 is 6.20. The van der Waals surface area contributed by atoms with Crippen LogP contribution in [0.2, 0.25) is 5.02 Å². The van der Waals surface area contributed by atoms with Gasteiger partial charge >= 0.3 is 0 Å². The highest BCUT2D eigenvalue weighted by atomic mass is 35.5. The number of aromatic amines is 1. The Hall–Kier alpha value is -4.76. The first-order chi connectivity index (χ1) is 19.2. The van der Waals surface area contributed by atoms with E-state index in [2.05, 4.69) is 9.97 Å². The van der Waals surface area contributed by atoms with Crippen LogP contribution in [0.5, 0.6) is 11.5 Å². The smallest absolute Gasteiger partial charge is 0.296 e. The molecule has 0 spiro atoms. The van der Waals surface area contributed by atoms with Crippen LogP contribution < -0.4 is 14.4 Å². The number of ketones is 1. The van der Waals surface area contributed by atoms with E-state index in [4.69, 9.17) is 25.5 Å². The summed E-state index contributed by atoms with van der Waals surface area (Å²) in [7, 11) is 1.47. The summed E-state index contributed by atoms with van der Waals surface area (Å²) in [5.41, 5.74) is 2.07. The Morgan fingerprint density at radius 3 is 2.58 bits per heavy atom. The van der Waals surface area contributed by atoms with E-state index in [-0.39, 0.29) is 23.4 Å². The van der Waals surface area contributed by atoms with Crippen molar-refractivity contribution in [1.82, 2.24) is 9.97 Å². The fraction of sp³-hybridized carbons (Fsp3) is 0.167. The number of imidazole rings is 1. The minimum absolute atomic E-state index is 0.0365. The number of fused-ring (bicyclic) bond motifs is 2. The number of aliphatic hydroxyl groups excluding tert-OH is 1. The monoisotopic (exact) mass is 557 g/mol. The molecule has 5 aromatic rings. The molecule has 1 aliphatic heterocycles. The van der Waals surface area contributed by atoms with E-state index in [1.54, 1.807) is 42.5 Å². The van der Waals surface area contributed by atoms with Gasteiger partial charge in [0, 0.05) is 16.5 Å². The van der Waals surface area contributed by atoms with Gasteiger partial charge in [0.25, 0.3) is 5.91 Å². The third-order valence-electron chi connectivity index (χ3n) is 6.62. The predicted molar refractivity (Wildman–Crippen MR) is 150 cm³/mol. The minimum Gasteiger partial charge on any atom is -0.503 e. The Morgan fingerprint density at radius 2 is 1.88 bits per heavy atom. The number of Topliss-reactive ketones (excluding diaryl/α,β-unsaturated/α-hetero) is 1. The van der Waals surface area contributed by atoms with E-state index >= 15 is 0 Å².